The van der Waals surface area contributed by atoms with Gasteiger partial charge in [0.15, 0.2) is 0 Å². The normalized spacial score (nSPS) is 29.0. The molecule has 0 aromatic rings. The average molecular weight is 313 g/mol. The number of ether oxygens (including phenoxy) is 1. The summed E-state index contributed by atoms with van der Waals surface area (Å²) in [7, 11) is 1.59. The molecule has 2 N–H and O–H groups in total. The largest absolute Gasteiger partial charge is 0.389 e. The molecule has 0 aliphatic carbocycles. The first-order valence-electron chi connectivity index (χ1n) is 7.44. The van der Waals surface area contributed by atoms with Crippen LogP contribution in [0.2, 0.25) is 0 Å². The van der Waals surface area contributed by atoms with E-state index in [-0.39, 0.29) is 30.8 Å². The number of nitrogens with zero attached hydrogens (tertiary/aromatic N) is 2. The molecule has 8 heteroatoms. The van der Waals surface area contributed by atoms with Crippen LogP contribution in [0.5, 0.6) is 0 Å². The van der Waals surface area contributed by atoms with Gasteiger partial charge in [0.25, 0.3) is 5.91 Å². The second kappa shape index (κ2) is 6.62. The highest BCUT2D eigenvalue weighted by Crippen LogP contribution is 2.31. The third kappa shape index (κ3) is 3.38. The fourth-order valence-electron chi connectivity index (χ4n) is 2.89. The van der Waals surface area contributed by atoms with Gasteiger partial charge in [-0.1, -0.05) is 6.92 Å². The van der Waals surface area contributed by atoms with E-state index < -0.39 is 11.6 Å². The Kier molecular flexibility index (Phi) is 5.02. The highest BCUT2D eigenvalue weighted by atomic mass is 16.5. The first-order chi connectivity index (χ1) is 10.4. The zero-order valence-corrected chi connectivity index (χ0v) is 13.0. The van der Waals surface area contributed by atoms with E-state index in [2.05, 4.69) is 5.32 Å². The van der Waals surface area contributed by atoms with Gasteiger partial charge in [0.05, 0.1) is 12.1 Å². The van der Waals surface area contributed by atoms with Gasteiger partial charge in [-0.3, -0.25) is 14.5 Å². The van der Waals surface area contributed by atoms with Crippen molar-refractivity contribution in [3.8, 4) is 0 Å². The Morgan fingerprint density at radius 3 is 2.77 bits per heavy atom. The average Bonchev–Trinajstić information content (AvgIpc) is 2.80. The van der Waals surface area contributed by atoms with Crippen molar-refractivity contribution in [1.29, 1.82) is 0 Å². The fraction of sp³-hybridized carbons (Fsp3) is 0.786. The molecule has 0 bridgehead atoms. The Bertz CT molecular complexity index is 453. The number of methoxy groups -OCH3 is 1. The minimum absolute atomic E-state index is 0.0563. The number of carbonyl (C=O) groups is 3. The molecule has 0 aromatic carbocycles. The Balaban J connectivity index is 1.91. The van der Waals surface area contributed by atoms with Crippen molar-refractivity contribution in [1.82, 2.24) is 15.1 Å². The quantitative estimate of drug-likeness (QED) is 0.646. The van der Waals surface area contributed by atoms with E-state index in [9.17, 15) is 19.5 Å². The molecule has 0 aromatic heterocycles. The van der Waals surface area contributed by atoms with Crippen LogP contribution in [-0.2, 0) is 14.3 Å². The molecule has 124 valence electrons. The van der Waals surface area contributed by atoms with Crippen LogP contribution >= 0.6 is 0 Å². The minimum Gasteiger partial charge on any atom is -0.389 e. The molecule has 0 unspecified atom stereocenters. The lowest BCUT2D eigenvalue weighted by molar-refractivity contribution is -0.143. The van der Waals surface area contributed by atoms with Crippen molar-refractivity contribution in [2.75, 3.05) is 39.9 Å². The molecule has 2 aliphatic heterocycles. The van der Waals surface area contributed by atoms with E-state index in [1.165, 1.54) is 0 Å². The van der Waals surface area contributed by atoms with E-state index in [0.717, 1.165) is 4.90 Å². The molecule has 2 fully saturated rings. The summed E-state index contributed by atoms with van der Waals surface area (Å²) in [6, 6.07) is -0.528. The summed E-state index contributed by atoms with van der Waals surface area (Å²) in [4.78, 5) is 37.8. The van der Waals surface area contributed by atoms with Crippen molar-refractivity contribution >= 4 is 17.8 Å². The number of urea groups is 1. The lowest BCUT2D eigenvalue weighted by atomic mass is 9.80. The van der Waals surface area contributed by atoms with Crippen LogP contribution in [0.3, 0.4) is 0 Å². The summed E-state index contributed by atoms with van der Waals surface area (Å²) in [6.45, 7) is 2.88. The zero-order chi connectivity index (χ0) is 16.3. The van der Waals surface area contributed by atoms with Gasteiger partial charge in [0, 0.05) is 32.7 Å². The number of hydrogen-bond acceptors (Lipinski definition) is 5. The first-order valence-corrected chi connectivity index (χ1v) is 7.44. The van der Waals surface area contributed by atoms with Crippen LogP contribution in [0.1, 0.15) is 19.8 Å². The molecular weight excluding hydrogens is 290 g/mol. The topological polar surface area (TPSA) is 99.2 Å². The molecule has 2 saturated heterocycles. The third-order valence-electron chi connectivity index (χ3n) is 4.55. The Hall–Kier alpha value is -1.67. The summed E-state index contributed by atoms with van der Waals surface area (Å²) >= 11 is 0. The Morgan fingerprint density at radius 1 is 1.50 bits per heavy atom. The number of amides is 4. The summed E-state index contributed by atoms with van der Waals surface area (Å²) in [5.74, 6) is -0.755. The number of aliphatic hydroxyl groups is 1. The molecule has 2 rings (SSSR count). The van der Waals surface area contributed by atoms with Crippen LogP contribution in [0.15, 0.2) is 0 Å². The maximum atomic E-state index is 12.3. The Labute approximate surface area is 129 Å². The van der Waals surface area contributed by atoms with Crippen molar-refractivity contribution in [2.24, 2.45) is 5.92 Å². The van der Waals surface area contributed by atoms with Gasteiger partial charge in [-0.2, -0.15) is 0 Å². The number of likely N-dealkylation sites (tertiary alicyclic amines) is 1. The standard InChI is InChI=1S/C14H23N3O5/c1-10-8-16(5-3-14(10,21)4-6-22-2)12(19)9-17-11(18)7-15-13(17)20/h10,21H,3-9H2,1-2H3,(H,15,20)/t10-,14-/m0/s1. The zero-order valence-electron chi connectivity index (χ0n) is 13.0. The molecule has 2 atom stereocenters. The van der Waals surface area contributed by atoms with Gasteiger partial charge in [-0.05, 0) is 12.8 Å². The molecular formula is C14H23N3O5. The molecule has 0 saturated carbocycles. The van der Waals surface area contributed by atoms with E-state index in [1.54, 1.807) is 12.0 Å². The predicted octanol–water partition coefficient (Wildman–Crippen LogP) is -0.826. The monoisotopic (exact) mass is 313 g/mol. The fourth-order valence-corrected chi connectivity index (χ4v) is 2.89. The van der Waals surface area contributed by atoms with Gasteiger partial charge in [0.1, 0.15) is 6.54 Å². The van der Waals surface area contributed by atoms with Gasteiger partial charge in [-0.25, -0.2) is 4.79 Å². The second-order valence-electron chi connectivity index (χ2n) is 5.98. The van der Waals surface area contributed by atoms with Crippen molar-refractivity contribution in [3.05, 3.63) is 0 Å². The maximum absolute atomic E-state index is 12.3. The van der Waals surface area contributed by atoms with E-state index in [1.807, 2.05) is 6.92 Å². The summed E-state index contributed by atoms with van der Waals surface area (Å²) in [5.41, 5.74) is -0.840. The summed E-state index contributed by atoms with van der Waals surface area (Å²) in [6.07, 6.45) is 0.989. The maximum Gasteiger partial charge on any atom is 0.325 e. The predicted molar refractivity (Wildman–Crippen MR) is 76.9 cm³/mol. The van der Waals surface area contributed by atoms with E-state index in [0.29, 0.717) is 32.5 Å². The van der Waals surface area contributed by atoms with Crippen LogP contribution in [0.25, 0.3) is 0 Å². The molecule has 0 radical (unpaired) electrons. The van der Waals surface area contributed by atoms with Gasteiger partial charge in [0.2, 0.25) is 5.91 Å². The molecule has 2 aliphatic rings. The molecule has 2 heterocycles. The van der Waals surface area contributed by atoms with Gasteiger partial charge >= 0.3 is 6.03 Å². The van der Waals surface area contributed by atoms with Crippen LogP contribution in [0.4, 0.5) is 4.79 Å². The summed E-state index contributed by atoms with van der Waals surface area (Å²) in [5, 5.41) is 13.0. The number of nitrogens with one attached hydrogen (secondary N) is 1. The number of rotatable bonds is 5. The number of piperidine rings is 1. The molecule has 0 spiro atoms. The number of carbonyl (C=O) groups excluding carboxylic acids is 3. The van der Waals surface area contributed by atoms with Crippen molar-refractivity contribution < 1.29 is 24.2 Å². The lowest BCUT2D eigenvalue weighted by Gasteiger charge is -2.43. The van der Waals surface area contributed by atoms with Crippen molar-refractivity contribution in [3.63, 3.8) is 0 Å². The highest BCUT2D eigenvalue weighted by Gasteiger charge is 2.40. The second-order valence-corrected chi connectivity index (χ2v) is 5.98. The van der Waals surface area contributed by atoms with Gasteiger partial charge < -0.3 is 20.1 Å². The number of hydrogen-bond donors (Lipinski definition) is 2. The highest BCUT2D eigenvalue weighted by molar-refractivity contribution is 6.04. The van der Waals surface area contributed by atoms with Crippen LogP contribution < -0.4 is 5.32 Å². The van der Waals surface area contributed by atoms with E-state index in [4.69, 9.17) is 4.74 Å². The minimum atomic E-state index is -0.840. The van der Waals surface area contributed by atoms with Crippen LogP contribution in [0, 0.1) is 5.92 Å². The van der Waals surface area contributed by atoms with E-state index >= 15 is 0 Å². The molecule has 4 amide bonds. The first kappa shape index (κ1) is 16.7. The lowest BCUT2D eigenvalue weighted by Crippen LogP contribution is -2.54. The van der Waals surface area contributed by atoms with Crippen molar-refractivity contribution in [2.45, 2.75) is 25.4 Å². The SMILES string of the molecule is COCC[C@@]1(O)CCN(C(=O)CN2C(=O)CNC2=O)C[C@@H]1C. The van der Waals surface area contributed by atoms with Crippen LogP contribution in [-0.4, -0.2) is 78.2 Å². The Morgan fingerprint density at radius 2 is 2.23 bits per heavy atom. The smallest absolute Gasteiger partial charge is 0.325 e. The molecule has 22 heavy (non-hydrogen) atoms. The summed E-state index contributed by atoms with van der Waals surface area (Å²) < 4.78 is 5.02. The third-order valence-corrected chi connectivity index (χ3v) is 4.55. The molecule has 8 nitrogen and oxygen atoms in total. The number of imide groups is 1. The van der Waals surface area contributed by atoms with Gasteiger partial charge in [-0.15, -0.1) is 0 Å².